The summed E-state index contributed by atoms with van der Waals surface area (Å²) in [4.78, 5) is 26.7. The molecule has 1 aliphatic carbocycles. The van der Waals surface area contributed by atoms with Crippen molar-refractivity contribution in [3.63, 3.8) is 0 Å². The molecule has 1 aromatic rings. The van der Waals surface area contributed by atoms with Crippen LogP contribution in [0, 0.1) is 12.8 Å². The van der Waals surface area contributed by atoms with E-state index in [4.69, 9.17) is 0 Å². The van der Waals surface area contributed by atoms with Gasteiger partial charge in [-0.15, -0.1) is 0 Å². The van der Waals surface area contributed by atoms with Crippen LogP contribution >= 0.6 is 0 Å². The van der Waals surface area contributed by atoms with Crippen molar-refractivity contribution in [1.29, 1.82) is 0 Å². The number of carbonyl (C=O) groups is 2. The van der Waals surface area contributed by atoms with Crippen LogP contribution in [-0.2, 0) is 9.59 Å². The Bertz CT molecular complexity index is 576. The number of aryl methyl sites for hydroxylation is 1. The van der Waals surface area contributed by atoms with E-state index in [-0.39, 0.29) is 23.8 Å². The molecule has 3 rings (SSSR count). The van der Waals surface area contributed by atoms with E-state index in [0.717, 1.165) is 18.4 Å². The third-order valence-electron chi connectivity index (χ3n) is 5.32. The average Bonchev–Trinajstić information content (AvgIpc) is 3.04. The normalized spacial score (nSPS) is 25.7. The third kappa shape index (κ3) is 3.41. The molecule has 0 aromatic heterocycles. The van der Waals surface area contributed by atoms with Crippen LogP contribution in [-0.4, -0.2) is 29.8 Å². The van der Waals surface area contributed by atoms with Crippen LogP contribution in [0.3, 0.4) is 0 Å². The molecule has 0 radical (unpaired) electrons. The third-order valence-corrected chi connectivity index (χ3v) is 5.32. The first kappa shape index (κ1) is 16.0. The van der Waals surface area contributed by atoms with Crippen LogP contribution < -0.4 is 5.32 Å². The van der Waals surface area contributed by atoms with Crippen LogP contribution in [0.25, 0.3) is 0 Å². The number of amides is 2. The van der Waals surface area contributed by atoms with E-state index in [2.05, 4.69) is 5.32 Å². The zero-order chi connectivity index (χ0) is 16.4. The van der Waals surface area contributed by atoms with Crippen molar-refractivity contribution < 1.29 is 9.59 Å². The molecule has 0 bridgehead atoms. The summed E-state index contributed by atoms with van der Waals surface area (Å²) in [6.45, 7) is 2.05. The molecule has 124 valence electrons. The van der Waals surface area contributed by atoms with E-state index in [1.165, 1.54) is 18.4 Å². The van der Waals surface area contributed by atoms with Crippen molar-refractivity contribution in [2.24, 2.45) is 5.92 Å². The Morgan fingerprint density at radius 1 is 1.13 bits per heavy atom. The van der Waals surface area contributed by atoms with Gasteiger partial charge in [0.2, 0.25) is 11.8 Å². The Labute approximate surface area is 138 Å². The molecule has 2 fully saturated rings. The number of rotatable bonds is 3. The molecular formula is C19H26N2O2. The van der Waals surface area contributed by atoms with Gasteiger partial charge in [-0.25, -0.2) is 0 Å². The van der Waals surface area contributed by atoms with Gasteiger partial charge in [0, 0.05) is 19.5 Å². The predicted octanol–water partition coefficient (Wildman–Crippen LogP) is 2.96. The molecule has 2 amide bonds. The molecule has 4 nitrogen and oxygen atoms in total. The molecule has 0 spiro atoms. The summed E-state index contributed by atoms with van der Waals surface area (Å²) < 4.78 is 0. The van der Waals surface area contributed by atoms with Gasteiger partial charge in [-0.1, -0.05) is 42.7 Å². The fourth-order valence-electron chi connectivity index (χ4n) is 3.91. The number of nitrogens with one attached hydrogen (secondary N) is 1. The van der Waals surface area contributed by atoms with E-state index in [9.17, 15) is 9.59 Å². The van der Waals surface area contributed by atoms with E-state index in [0.29, 0.717) is 18.9 Å². The van der Waals surface area contributed by atoms with Crippen LogP contribution in [0.5, 0.6) is 0 Å². The van der Waals surface area contributed by atoms with Crippen molar-refractivity contribution in [1.82, 2.24) is 10.2 Å². The molecule has 1 saturated heterocycles. The standard InChI is InChI=1S/C19H26N2O2/c1-13-7-9-14(10-8-13)18-16(11-12-17(22)21(18)2)19(23)20-15-5-3-4-6-15/h7-10,15-16,18H,3-6,11-12H2,1-2H3,(H,20,23)/t16-,18+/m1/s1. The minimum Gasteiger partial charge on any atom is -0.353 e. The Balaban J connectivity index is 1.81. The molecule has 1 aliphatic heterocycles. The lowest BCUT2D eigenvalue weighted by Crippen LogP contribution is -2.48. The maximum absolute atomic E-state index is 12.8. The largest absolute Gasteiger partial charge is 0.353 e. The number of carbonyl (C=O) groups excluding carboxylic acids is 2. The van der Waals surface area contributed by atoms with Crippen LogP contribution in [0.2, 0.25) is 0 Å². The highest BCUT2D eigenvalue weighted by atomic mass is 16.2. The summed E-state index contributed by atoms with van der Waals surface area (Å²) in [6, 6.07) is 8.36. The number of hydrogen-bond acceptors (Lipinski definition) is 2. The van der Waals surface area contributed by atoms with Gasteiger partial charge in [0.1, 0.15) is 0 Å². The van der Waals surface area contributed by atoms with Gasteiger partial charge in [0.15, 0.2) is 0 Å². The van der Waals surface area contributed by atoms with Crippen LogP contribution in [0.1, 0.15) is 55.7 Å². The highest BCUT2D eigenvalue weighted by molar-refractivity contribution is 5.85. The SMILES string of the molecule is Cc1ccc([C@H]2[C@H](C(=O)NC3CCCC3)CCC(=O)N2C)cc1. The van der Waals surface area contributed by atoms with Crippen molar-refractivity contribution in [2.45, 2.75) is 57.5 Å². The van der Waals surface area contributed by atoms with Gasteiger partial charge in [0.25, 0.3) is 0 Å². The summed E-state index contributed by atoms with van der Waals surface area (Å²) in [5.74, 6) is 0.0864. The van der Waals surface area contributed by atoms with Crippen molar-refractivity contribution in [3.8, 4) is 0 Å². The Hall–Kier alpha value is -1.84. The van der Waals surface area contributed by atoms with E-state index >= 15 is 0 Å². The summed E-state index contributed by atoms with van der Waals surface area (Å²) in [5, 5.41) is 3.22. The summed E-state index contributed by atoms with van der Waals surface area (Å²) in [7, 11) is 1.82. The topological polar surface area (TPSA) is 49.4 Å². The minimum atomic E-state index is -0.154. The zero-order valence-corrected chi connectivity index (χ0v) is 14.0. The lowest BCUT2D eigenvalue weighted by Gasteiger charge is -2.39. The van der Waals surface area contributed by atoms with Crippen molar-refractivity contribution in [3.05, 3.63) is 35.4 Å². The molecule has 1 aromatic carbocycles. The minimum absolute atomic E-state index is 0.113. The first-order chi connectivity index (χ1) is 11.1. The molecule has 2 atom stereocenters. The van der Waals surface area contributed by atoms with Crippen molar-refractivity contribution in [2.75, 3.05) is 7.05 Å². The molecule has 4 heteroatoms. The number of likely N-dealkylation sites (tertiary alicyclic amines) is 1. The monoisotopic (exact) mass is 314 g/mol. The van der Waals surface area contributed by atoms with Gasteiger partial charge in [-0.2, -0.15) is 0 Å². The molecule has 1 N–H and O–H groups in total. The smallest absolute Gasteiger partial charge is 0.225 e. The van der Waals surface area contributed by atoms with Gasteiger partial charge in [-0.3, -0.25) is 9.59 Å². The lowest BCUT2D eigenvalue weighted by molar-refractivity contribution is -0.141. The molecule has 1 saturated carbocycles. The summed E-state index contributed by atoms with van der Waals surface area (Å²) in [5.41, 5.74) is 2.24. The van der Waals surface area contributed by atoms with E-state index < -0.39 is 0 Å². The highest BCUT2D eigenvalue weighted by Crippen LogP contribution is 2.36. The maximum atomic E-state index is 12.8. The summed E-state index contributed by atoms with van der Waals surface area (Å²) >= 11 is 0. The fraction of sp³-hybridized carbons (Fsp3) is 0.579. The van der Waals surface area contributed by atoms with E-state index in [1.807, 2.05) is 38.2 Å². The van der Waals surface area contributed by atoms with Crippen LogP contribution in [0.15, 0.2) is 24.3 Å². The second kappa shape index (κ2) is 6.73. The first-order valence-electron chi connectivity index (χ1n) is 8.69. The summed E-state index contributed by atoms with van der Waals surface area (Å²) in [6.07, 6.45) is 5.68. The number of nitrogens with zero attached hydrogens (tertiary/aromatic N) is 1. The first-order valence-corrected chi connectivity index (χ1v) is 8.69. The molecule has 2 aliphatic rings. The molecule has 0 unspecified atom stereocenters. The lowest BCUT2D eigenvalue weighted by atomic mass is 9.83. The number of hydrogen-bond donors (Lipinski definition) is 1. The molecule has 23 heavy (non-hydrogen) atoms. The van der Waals surface area contributed by atoms with Crippen LogP contribution in [0.4, 0.5) is 0 Å². The maximum Gasteiger partial charge on any atom is 0.225 e. The molecular weight excluding hydrogens is 288 g/mol. The number of benzene rings is 1. The van der Waals surface area contributed by atoms with E-state index in [1.54, 1.807) is 4.90 Å². The second-order valence-electron chi connectivity index (χ2n) is 7.00. The Morgan fingerprint density at radius 2 is 1.78 bits per heavy atom. The molecule has 1 heterocycles. The highest BCUT2D eigenvalue weighted by Gasteiger charge is 2.39. The fourth-order valence-corrected chi connectivity index (χ4v) is 3.91. The van der Waals surface area contributed by atoms with Gasteiger partial charge in [0.05, 0.1) is 12.0 Å². The average molecular weight is 314 g/mol. The van der Waals surface area contributed by atoms with Gasteiger partial charge >= 0.3 is 0 Å². The van der Waals surface area contributed by atoms with Crippen molar-refractivity contribution >= 4 is 11.8 Å². The van der Waals surface area contributed by atoms with Gasteiger partial charge in [-0.05, 0) is 31.7 Å². The quantitative estimate of drug-likeness (QED) is 0.932. The Morgan fingerprint density at radius 3 is 2.43 bits per heavy atom. The second-order valence-corrected chi connectivity index (χ2v) is 7.00. The predicted molar refractivity (Wildman–Crippen MR) is 89.8 cm³/mol. The number of piperidine rings is 1. The van der Waals surface area contributed by atoms with Gasteiger partial charge < -0.3 is 10.2 Å². The Kier molecular flexibility index (Phi) is 4.69. The zero-order valence-electron chi connectivity index (χ0n) is 14.0.